The zero-order valence-electron chi connectivity index (χ0n) is 10.1. The summed E-state index contributed by atoms with van der Waals surface area (Å²) in [6.45, 7) is 3.09. The van der Waals surface area contributed by atoms with E-state index >= 15 is 0 Å². The third kappa shape index (κ3) is 3.71. The molecule has 0 atom stereocenters. The van der Waals surface area contributed by atoms with Crippen LogP contribution in [-0.4, -0.2) is 23.3 Å². The molecule has 18 heavy (non-hydrogen) atoms. The van der Waals surface area contributed by atoms with Gasteiger partial charge in [-0.3, -0.25) is 0 Å². The second kappa shape index (κ2) is 5.47. The first kappa shape index (κ1) is 13.9. The van der Waals surface area contributed by atoms with Crippen LogP contribution in [0.15, 0.2) is 18.2 Å². The number of nitriles is 1. The number of carbonyl (C=O) groups is 1. The first-order valence-electron chi connectivity index (χ1n) is 5.27. The van der Waals surface area contributed by atoms with Crippen LogP contribution in [0.25, 0.3) is 0 Å². The van der Waals surface area contributed by atoms with Crippen molar-refractivity contribution in [3.8, 4) is 6.07 Å². The molecule has 96 valence electrons. The van der Waals surface area contributed by atoms with Crippen LogP contribution in [0.1, 0.15) is 19.4 Å². The molecular formula is C12H14FN3O2. The molecule has 0 radical (unpaired) electrons. The second-order valence-electron chi connectivity index (χ2n) is 4.43. The van der Waals surface area contributed by atoms with Gasteiger partial charge in [-0.15, -0.1) is 0 Å². The third-order valence-corrected chi connectivity index (χ3v) is 2.19. The minimum absolute atomic E-state index is 0.144. The van der Waals surface area contributed by atoms with Crippen LogP contribution in [0.4, 0.5) is 14.9 Å². The highest BCUT2D eigenvalue weighted by Crippen LogP contribution is 2.14. The highest BCUT2D eigenvalue weighted by molar-refractivity contribution is 5.89. The van der Waals surface area contributed by atoms with Crippen LogP contribution in [0.2, 0.25) is 0 Å². The molecule has 0 saturated heterocycles. The van der Waals surface area contributed by atoms with Crippen molar-refractivity contribution in [1.82, 2.24) is 5.32 Å². The Morgan fingerprint density at radius 2 is 2.22 bits per heavy atom. The average molecular weight is 251 g/mol. The SMILES string of the molecule is CC(C)(CO)NC(=O)Nc1ccc(F)c(C#N)c1. The van der Waals surface area contributed by atoms with E-state index in [9.17, 15) is 9.18 Å². The van der Waals surface area contributed by atoms with Gasteiger partial charge in [0.25, 0.3) is 0 Å². The van der Waals surface area contributed by atoms with Gasteiger partial charge in [-0.05, 0) is 32.0 Å². The number of benzene rings is 1. The summed E-state index contributed by atoms with van der Waals surface area (Å²) in [6, 6.07) is 4.83. The second-order valence-corrected chi connectivity index (χ2v) is 4.43. The van der Waals surface area contributed by atoms with Gasteiger partial charge >= 0.3 is 6.03 Å². The molecule has 1 aromatic carbocycles. The molecule has 0 unspecified atom stereocenters. The van der Waals surface area contributed by atoms with Crippen molar-refractivity contribution in [3.05, 3.63) is 29.6 Å². The number of rotatable bonds is 3. The molecule has 0 aliphatic heterocycles. The molecule has 0 aromatic heterocycles. The average Bonchev–Trinajstić information content (AvgIpc) is 2.31. The molecule has 6 heteroatoms. The van der Waals surface area contributed by atoms with Crippen LogP contribution in [0, 0.1) is 17.1 Å². The summed E-state index contributed by atoms with van der Waals surface area (Å²) in [7, 11) is 0. The molecule has 1 aromatic rings. The van der Waals surface area contributed by atoms with Crippen molar-refractivity contribution < 1.29 is 14.3 Å². The van der Waals surface area contributed by atoms with Crippen molar-refractivity contribution in [3.63, 3.8) is 0 Å². The van der Waals surface area contributed by atoms with E-state index in [0.717, 1.165) is 6.07 Å². The van der Waals surface area contributed by atoms with Gasteiger partial charge in [0.2, 0.25) is 0 Å². The van der Waals surface area contributed by atoms with Crippen LogP contribution in [-0.2, 0) is 0 Å². The monoisotopic (exact) mass is 251 g/mol. The molecule has 0 heterocycles. The molecule has 0 aliphatic rings. The summed E-state index contributed by atoms with van der Waals surface area (Å²) in [4.78, 5) is 11.6. The first-order valence-corrected chi connectivity index (χ1v) is 5.27. The number of anilines is 1. The van der Waals surface area contributed by atoms with Crippen molar-refractivity contribution in [2.45, 2.75) is 19.4 Å². The van der Waals surface area contributed by atoms with E-state index in [1.165, 1.54) is 12.1 Å². The number of aliphatic hydroxyl groups excluding tert-OH is 1. The molecule has 0 bridgehead atoms. The number of hydrogen-bond acceptors (Lipinski definition) is 3. The number of nitrogens with one attached hydrogen (secondary N) is 2. The van der Waals surface area contributed by atoms with Crippen molar-refractivity contribution in [2.75, 3.05) is 11.9 Å². The number of halogens is 1. The molecular weight excluding hydrogens is 237 g/mol. The topological polar surface area (TPSA) is 85.2 Å². The Hall–Kier alpha value is -2.13. The van der Waals surface area contributed by atoms with E-state index in [1.807, 2.05) is 0 Å². The van der Waals surface area contributed by atoms with Crippen LogP contribution >= 0.6 is 0 Å². The van der Waals surface area contributed by atoms with E-state index in [0.29, 0.717) is 5.69 Å². The quantitative estimate of drug-likeness (QED) is 0.762. The summed E-state index contributed by atoms with van der Waals surface area (Å²) in [5.41, 5.74) is -0.601. The van der Waals surface area contributed by atoms with Gasteiger partial charge in [0.1, 0.15) is 11.9 Å². The number of amides is 2. The zero-order valence-corrected chi connectivity index (χ0v) is 10.1. The first-order chi connectivity index (χ1) is 8.38. The summed E-state index contributed by atoms with van der Waals surface area (Å²) in [6.07, 6.45) is 0. The maximum atomic E-state index is 13.0. The van der Waals surface area contributed by atoms with Gasteiger partial charge in [-0.1, -0.05) is 0 Å². The lowest BCUT2D eigenvalue weighted by Crippen LogP contribution is -2.48. The highest BCUT2D eigenvalue weighted by Gasteiger charge is 2.19. The van der Waals surface area contributed by atoms with Crippen molar-refractivity contribution >= 4 is 11.7 Å². The van der Waals surface area contributed by atoms with E-state index in [-0.39, 0.29) is 12.2 Å². The van der Waals surface area contributed by atoms with Gasteiger partial charge in [-0.25, -0.2) is 9.18 Å². The largest absolute Gasteiger partial charge is 0.394 e. The number of carbonyl (C=O) groups excluding carboxylic acids is 1. The zero-order chi connectivity index (χ0) is 13.8. The lowest BCUT2D eigenvalue weighted by molar-refractivity contribution is 0.187. The summed E-state index contributed by atoms with van der Waals surface area (Å²) < 4.78 is 13.0. The maximum Gasteiger partial charge on any atom is 0.319 e. The molecule has 5 nitrogen and oxygen atoms in total. The van der Waals surface area contributed by atoms with Crippen LogP contribution < -0.4 is 10.6 Å². The number of urea groups is 1. The fourth-order valence-electron chi connectivity index (χ4n) is 1.20. The minimum Gasteiger partial charge on any atom is -0.394 e. The highest BCUT2D eigenvalue weighted by atomic mass is 19.1. The van der Waals surface area contributed by atoms with Gasteiger partial charge in [0, 0.05) is 5.69 Å². The Morgan fingerprint density at radius 3 is 2.78 bits per heavy atom. The van der Waals surface area contributed by atoms with Gasteiger partial charge in [-0.2, -0.15) is 5.26 Å². The molecule has 1 rings (SSSR count). The molecule has 0 saturated carbocycles. The van der Waals surface area contributed by atoms with Crippen LogP contribution in [0.5, 0.6) is 0 Å². The lowest BCUT2D eigenvalue weighted by Gasteiger charge is -2.23. The Kier molecular flexibility index (Phi) is 4.23. The lowest BCUT2D eigenvalue weighted by atomic mass is 10.1. The predicted molar refractivity (Wildman–Crippen MR) is 64.4 cm³/mol. The molecule has 0 fully saturated rings. The molecule has 0 spiro atoms. The maximum absolute atomic E-state index is 13.0. The normalized spacial score (nSPS) is 10.6. The standard InChI is InChI=1S/C12H14FN3O2/c1-12(2,7-17)16-11(18)15-9-3-4-10(13)8(5-9)6-14/h3-5,17H,7H2,1-2H3,(H2,15,16,18). The fourth-order valence-corrected chi connectivity index (χ4v) is 1.20. The smallest absolute Gasteiger partial charge is 0.319 e. The van der Waals surface area contributed by atoms with Crippen molar-refractivity contribution in [2.24, 2.45) is 0 Å². The Balaban J connectivity index is 2.74. The Bertz CT molecular complexity index is 495. The van der Waals surface area contributed by atoms with E-state index < -0.39 is 17.4 Å². The Labute approximate surface area is 104 Å². The molecule has 3 N–H and O–H groups in total. The van der Waals surface area contributed by atoms with Crippen molar-refractivity contribution in [1.29, 1.82) is 5.26 Å². The van der Waals surface area contributed by atoms with E-state index in [4.69, 9.17) is 10.4 Å². The number of hydrogen-bond donors (Lipinski definition) is 3. The predicted octanol–water partition coefficient (Wildman–Crippen LogP) is 1.59. The summed E-state index contributed by atoms with van der Waals surface area (Å²) in [5.74, 6) is -0.640. The third-order valence-electron chi connectivity index (χ3n) is 2.19. The van der Waals surface area contributed by atoms with Gasteiger partial charge in [0.15, 0.2) is 0 Å². The van der Waals surface area contributed by atoms with E-state index in [2.05, 4.69) is 10.6 Å². The number of nitrogens with zero attached hydrogens (tertiary/aromatic N) is 1. The molecule has 0 aliphatic carbocycles. The summed E-state index contributed by atoms with van der Waals surface area (Å²) >= 11 is 0. The Morgan fingerprint density at radius 1 is 1.56 bits per heavy atom. The van der Waals surface area contributed by atoms with Gasteiger partial charge in [0.05, 0.1) is 17.7 Å². The number of aliphatic hydroxyl groups is 1. The van der Waals surface area contributed by atoms with Gasteiger partial charge < -0.3 is 15.7 Å². The minimum atomic E-state index is -0.762. The molecule has 2 amide bonds. The van der Waals surface area contributed by atoms with Crippen LogP contribution in [0.3, 0.4) is 0 Å². The fraction of sp³-hybridized carbons (Fsp3) is 0.333. The summed E-state index contributed by atoms with van der Waals surface area (Å²) in [5, 5.41) is 22.6. The van der Waals surface area contributed by atoms with E-state index in [1.54, 1.807) is 19.9 Å².